The maximum Gasteiger partial charge on any atom is 0.187 e. The number of hydrogen-bond donors (Lipinski definition) is 9. The van der Waals surface area contributed by atoms with Crippen LogP contribution in [0.4, 0.5) is 0 Å². The van der Waals surface area contributed by atoms with E-state index in [0.29, 0.717) is 0 Å². The smallest absolute Gasteiger partial charge is 0.187 e. The van der Waals surface area contributed by atoms with E-state index in [0.717, 1.165) is 0 Å². The van der Waals surface area contributed by atoms with Crippen molar-refractivity contribution >= 4 is 0 Å². The molecule has 3 fully saturated rings. The van der Waals surface area contributed by atoms with Crippen LogP contribution in [0.1, 0.15) is 13.3 Å². The van der Waals surface area contributed by atoms with E-state index >= 15 is 0 Å². The molecular formula is C18H32O14. The van der Waals surface area contributed by atoms with Crippen molar-refractivity contribution < 1.29 is 69.6 Å². The van der Waals surface area contributed by atoms with Crippen molar-refractivity contribution in [2.45, 2.75) is 99.4 Å². The van der Waals surface area contributed by atoms with E-state index in [9.17, 15) is 46.0 Å². The average Bonchev–Trinajstić information content (AvgIpc) is 2.76. The molecule has 3 saturated heterocycles. The van der Waals surface area contributed by atoms with Gasteiger partial charge in [-0.1, -0.05) is 0 Å². The second kappa shape index (κ2) is 10.8. The van der Waals surface area contributed by atoms with Gasteiger partial charge in [0.05, 0.1) is 25.4 Å². The fraction of sp³-hybridized carbons (Fsp3) is 1.00. The van der Waals surface area contributed by atoms with E-state index in [1.807, 2.05) is 0 Å². The molecule has 32 heavy (non-hydrogen) atoms. The Morgan fingerprint density at radius 2 is 1.25 bits per heavy atom. The Morgan fingerprint density at radius 1 is 0.656 bits per heavy atom. The van der Waals surface area contributed by atoms with Gasteiger partial charge in [-0.3, -0.25) is 0 Å². The fourth-order valence-corrected chi connectivity index (χ4v) is 3.91. The summed E-state index contributed by atoms with van der Waals surface area (Å²) in [6, 6.07) is 0. The Kier molecular flexibility index (Phi) is 8.79. The van der Waals surface area contributed by atoms with Crippen molar-refractivity contribution in [3.63, 3.8) is 0 Å². The number of aliphatic hydroxyl groups excluding tert-OH is 9. The van der Waals surface area contributed by atoms with Crippen molar-refractivity contribution in [2.24, 2.45) is 0 Å². The van der Waals surface area contributed by atoms with Gasteiger partial charge in [-0.2, -0.15) is 0 Å². The zero-order chi connectivity index (χ0) is 23.7. The lowest BCUT2D eigenvalue weighted by Crippen LogP contribution is -2.65. The minimum absolute atomic E-state index is 0.0879. The van der Waals surface area contributed by atoms with E-state index in [2.05, 4.69) is 0 Å². The Labute approximate surface area is 183 Å². The summed E-state index contributed by atoms with van der Waals surface area (Å²) in [4.78, 5) is 0. The van der Waals surface area contributed by atoms with Crippen LogP contribution in [0, 0.1) is 0 Å². The second-order valence-corrected chi connectivity index (χ2v) is 8.22. The first kappa shape index (κ1) is 26.1. The summed E-state index contributed by atoms with van der Waals surface area (Å²) < 4.78 is 27.0. The summed E-state index contributed by atoms with van der Waals surface area (Å²) in [6.45, 7) is 0.126. The molecule has 9 N–H and O–H groups in total. The molecule has 1 unspecified atom stereocenters. The third kappa shape index (κ3) is 5.24. The quantitative estimate of drug-likeness (QED) is 0.176. The normalized spacial score (nSPS) is 52.7. The van der Waals surface area contributed by atoms with Crippen LogP contribution in [-0.2, 0) is 23.7 Å². The lowest BCUT2D eigenvalue weighted by molar-refractivity contribution is -0.382. The van der Waals surface area contributed by atoms with Crippen LogP contribution < -0.4 is 0 Å². The molecule has 0 aromatic rings. The lowest BCUT2D eigenvalue weighted by atomic mass is 9.96. The molecule has 3 aliphatic heterocycles. The molecule has 14 nitrogen and oxygen atoms in total. The molecule has 188 valence electrons. The van der Waals surface area contributed by atoms with E-state index in [1.165, 1.54) is 0 Å². The molecule has 0 amide bonds. The summed E-state index contributed by atoms with van der Waals surface area (Å²) in [7, 11) is 0. The highest BCUT2D eigenvalue weighted by Crippen LogP contribution is 2.32. The Bertz CT molecular complexity index is 594. The Balaban J connectivity index is 1.79. The van der Waals surface area contributed by atoms with Crippen LogP contribution in [0.25, 0.3) is 0 Å². The first-order valence-corrected chi connectivity index (χ1v) is 10.3. The minimum Gasteiger partial charge on any atom is -0.394 e. The van der Waals surface area contributed by atoms with Crippen LogP contribution in [-0.4, -0.2) is 145 Å². The summed E-state index contributed by atoms with van der Waals surface area (Å²) in [6.07, 6.45) is -20.4. The average molecular weight is 472 g/mol. The van der Waals surface area contributed by atoms with Gasteiger partial charge in [-0.15, -0.1) is 0 Å². The third-order valence-electron chi connectivity index (χ3n) is 5.94. The van der Waals surface area contributed by atoms with Gasteiger partial charge in [0.2, 0.25) is 0 Å². The SMILES string of the molecule is C[C@H]1O[C@H](O[C@H]2[C@H](O)[C@@H](CO)OC(O)[C@H]2O[C@H]2O[C@H](CO)[C@@H](O)[C@H](O)[C@H]2O)[C@H](O)C[C@H]1O. The van der Waals surface area contributed by atoms with Crippen molar-refractivity contribution in [1.29, 1.82) is 0 Å². The summed E-state index contributed by atoms with van der Waals surface area (Å²) >= 11 is 0. The Morgan fingerprint density at radius 3 is 1.88 bits per heavy atom. The van der Waals surface area contributed by atoms with Gasteiger partial charge in [-0.05, 0) is 6.92 Å². The monoisotopic (exact) mass is 472 g/mol. The number of ether oxygens (including phenoxy) is 5. The highest BCUT2D eigenvalue weighted by Gasteiger charge is 2.52. The maximum atomic E-state index is 10.6. The van der Waals surface area contributed by atoms with Crippen molar-refractivity contribution in [3.05, 3.63) is 0 Å². The highest BCUT2D eigenvalue weighted by molar-refractivity contribution is 4.95. The van der Waals surface area contributed by atoms with Crippen LogP contribution in [0.15, 0.2) is 0 Å². The molecule has 0 aliphatic carbocycles. The molecule has 0 radical (unpaired) electrons. The largest absolute Gasteiger partial charge is 0.394 e. The van der Waals surface area contributed by atoms with E-state index < -0.39 is 99.2 Å². The molecule has 0 spiro atoms. The molecule has 0 bridgehead atoms. The zero-order valence-corrected chi connectivity index (χ0v) is 17.3. The van der Waals surface area contributed by atoms with Crippen LogP contribution in [0.2, 0.25) is 0 Å². The van der Waals surface area contributed by atoms with Gasteiger partial charge in [0.15, 0.2) is 18.9 Å². The second-order valence-electron chi connectivity index (χ2n) is 8.22. The number of rotatable bonds is 6. The van der Waals surface area contributed by atoms with Gasteiger partial charge in [0.25, 0.3) is 0 Å². The predicted octanol–water partition coefficient (Wildman–Crippen LogP) is -5.52. The van der Waals surface area contributed by atoms with Gasteiger partial charge in [0.1, 0.15) is 54.9 Å². The van der Waals surface area contributed by atoms with E-state index in [4.69, 9.17) is 23.7 Å². The fourth-order valence-electron chi connectivity index (χ4n) is 3.91. The topological polar surface area (TPSA) is 228 Å². The summed E-state index contributed by atoms with van der Waals surface area (Å²) in [5.41, 5.74) is 0. The molecule has 14 heteroatoms. The minimum atomic E-state index is -1.82. The molecule has 3 rings (SSSR count). The van der Waals surface area contributed by atoms with Crippen LogP contribution >= 0.6 is 0 Å². The first-order chi connectivity index (χ1) is 15.1. The van der Waals surface area contributed by atoms with Gasteiger partial charge >= 0.3 is 0 Å². The molecule has 3 aliphatic rings. The maximum absolute atomic E-state index is 10.6. The van der Waals surface area contributed by atoms with Crippen molar-refractivity contribution in [3.8, 4) is 0 Å². The standard InChI is InChI=1S/C18H32O14/c1-5-6(21)2-7(22)17(28-5)31-14-11(24)9(4-20)29-16(27)15(14)32-18-13(26)12(25)10(23)8(3-19)30-18/h5-27H,2-4H2,1H3/t5-,6-,7-,8-,9-,10-,11-,12+,13-,14+,15+,16?,17-,18-/m1/s1. The first-order valence-electron chi connectivity index (χ1n) is 10.3. The van der Waals surface area contributed by atoms with Crippen molar-refractivity contribution in [1.82, 2.24) is 0 Å². The number of hydrogen-bond acceptors (Lipinski definition) is 14. The van der Waals surface area contributed by atoms with E-state index in [-0.39, 0.29) is 6.42 Å². The van der Waals surface area contributed by atoms with Crippen molar-refractivity contribution in [2.75, 3.05) is 13.2 Å². The summed E-state index contributed by atoms with van der Waals surface area (Å²) in [5, 5.41) is 89.9. The zero-order valence-electron chi connectivity index (χ0n) is 17.3. The van der Waals surface area contributed by atoms with E-state index in [1.54, 1.807) is 6.92 Å². The molecule has 0 aromatic heterocycles. The molecular weight excluding hydrogens is 440 g/mol. The van der Waals surface area contributed by atoms with Crippen LogP contribution in [0.3, 0.4) is 0 Å². The van der Waals surface area contributed by atoms with Crippen LogP contribution in [0.5, 0.6) is 0 Å². The third-order valence-corrected chi connectivity index (χ3v) is 5.94. The Hall–Kier alpha value is -0.560. The highest BCUT2D eigenvalue weighted by atomic mass is 16.8. The lowest BCUT2D eigenvalue weighted by Gasteiger charge is -2.47. The molecule has 14 atom stereocenters. The van der Waals surface area contributed by atoms with Gasteiger partial charge < -0.3 is 69.6 Å². The molecule has 3 heterocycles. The number of aliphatic hydroxyl groups is 9. The molecule has 0 saturated carbocycles. The summed E-state index contributed by atoms with van der Waals surface area (Å²) in [5.74, 6) is 0. The predicted molar refractivity (Wildman–Crippen MR) is 98.5 cm³/mol. The molecule has 0 aromatic carbocycles. The van der Waals surface area contributed by atoms with Gasteiger partial charge in [-0.25, -0.2) is 0 Å². The van der Waals surface area contributed by atoms with Gasteiger partial charge in [0, 0.05) is 6.42 Å².